The SMILES string of the molecule is CCCCCCCCCCC=CCCCCCCCC[N+](C)(CCO)CCCCCCCCC=CCCCCCCCCCC. The summed E-state index contributed by atoms with van der Waals surface area (Å²) in [6, 6.07) is 0. The number of quaternary nitrogens is 1. The first-order chi connectivity index (χ1) is 22.2. The van der Waals surface area contributed by atoms with Crippen LogP contribution in [0.1, 0.15) is 219 Å². The van der Waals surface area contributed by atoms with Crippen molar-refractivity contribution in [2.24, 2.45) is 0 Å². The molecule has 0 heterocycles. The summed E-state index contributed by atoms with van der Waals surface area (Å²) in [7, 11) is 2.39. The van der Waals surface area contributed by atoms with Gasteiger partial charge in [-0.15, -0.1) is 0 Å². The molecule has 0 radical (unpaired) electrons. The van der Waals surface area contributed by atoms with Gasteiger partial charge in [-0.05, 0) is 77.0 Å². The molecule has 0 spiro atoms. The van der Waals surface area contributed by atoms with E-state index in [-0.39, 0.29) is 0 Å². The largest absolute Gasteiger partial charge is 0.391 e. The number of hydrogen-bond donors (Lipinski definition) is 1. The number of allylic oxidation sites excluding steroid dienone is 4. The monoisotopic (exact) mass is 633 g/mol. The second kappa shape index (κ2) is 37.9. The topological polar surface area (TPSA) is 20.2 Å². The highest BCUT2D eigenvalue weighted by molar-refractivity contribution is 4.82. The lowest BCUT2D eigenvalue weighted by molar-refractivity contribution is -0.910. The third-order valence-electron chi connectivity index (χ3n) is 10.1. The van der Waals surface area contributed by atoms with Gasteiger partial charge in [-0.2, -0.15) is 0 Å². The van der Waals surface area contributed by atoms with Gasteiger partial charge in [0.25, 0.3) is 0 Å². The molecular formula is C43H86NO+. The maximum Gasteiger partial charge on any atom is 0.102 e. The molecule has 0 aliphatic heterocycles. The van der Waals surface area contributed by atoms with E-state index in [0.29, 0.717) is 6.61 Å². The van der Waals surface area contributed by atoms with Crippen LogP contribution in [0.15, 0.2) is 24.3 Å². The van der Waals surface area contributed by atoms with Crippen molar-refractivity contribution in [3.8, 4) is 0 Å². The zero-order chi connectivity index (χ0) is 32.8. The van der Waals surface area contributed by atoms with E-state index in [1.54, 1.807) is 0 Å². The summed E-state index contributed by atoms with van der Waals surface area (Å²) in [6.45, 7) is 8.34. The first-order valence-electron chi connectivity index (χ1n) is 20.9. The fourth-order valence-corrected chi connectivity index (χ4v) is 6.77. The van der Waals surface area contributed by atoms with Crippen LogP contribution in [0.25, 0.3) is 0 Å². The van der Waals surface area contributed by atoms with E-state index >= 15 is 0 Å². The average molecular weight is 633 g/mol. The summed E-state index contributed by atoms with van der Waals surface area (Å²) >= 11 is 0. The normalized spacial score (nSPS) is 13.4. The van der Waals surface area contributed by atoms with Gasteiger partial charge in [-0.25, -0.2) is 0 Å². The van der Waals surface area contributed by atoms with Crippen molar-refractivity contribution in [1.82, 2.24) is 0 Å². The van der Waals surface area contributed by atoms with Crippen molar-refractivity contribution < 1.29 is 9.59 Å². The summed E-state index contributed by atoms with van der Waals surface area (Å²) in [4.78, 5) is 0. The van der Waals surface area contributed by atoms with Crippen LogP contribution in [0.3, 0.4) is 0 Å². The van der Waals surface area contributed by atoms with Gasteiger partial charge in [0, 0.05) is 0 Å². The van der Waals surface area contributed by atoms with Crippen LogP contribution in [0.4, 0.5) is 0 Å². The lowest BCUT2D eigenvalue weighted by Gasteiger charge is -2.34. The Kier molecular flexibility index (Phi) is 37.3. The smallest absolute Gasteiger partial charge is 0.102 e. The highest BCUT2D eigenvalue weighted by Crippen LogP contribution is 2.15. The van der Waals surface area contributed by atoms with Gasteiger partial charge >= 0.3 is 0 Å². The Bertz CT molecular complexity index is 551. The van der Waals surface area contributed by atoms with Gasteiger partial charge in [0.2, 0.25) is 0 Å². The van der Waals surface area contributed by atoms with E-state index in [2.05, 4.69) is 45.2 Å². The van der Waals surface area contributed by atoms with E-state index in [0.717, 1.165) is 11.0 Å². The molecule has 0 rings (SSSR count). The van der Waals surface area contributed by atoms with Crippen LogP contribution in [-0.2, 0) is 0 Å². The fraction of sp³-hybridized carbons (Fsp3) is 0.907. The standard InChI is InChI=1S/C43H86NO/c1-4-6-8-10-12-14-16-18-20-22-24-26-28-30-32-34-36-38-40-44(3,42-43-45)41-39-37-35-33-31-29-27-25-23-21-19-17-15-13-11-9-7-5-2/h22-25,45H,4-21,26-43H2,1-3H3/q+1. The second-order valence-corrected chi connectivity index (χ2v) is 14.8. The van der Waals surface area contributed by atoms with Gasteiger partial charge in [0.05, 0.1) is 26.7 Å². The summed E-state index contributed by atoms with van der Waals surface area (Å²) in [5, 5.41) is 9.68. The van der Waals surface area contributed by atoms with Crippen LogP contribution in [-0.4, -0.2) is 42.9 Å². The molecule has 0 aromatic carbocycles. The molecule has 0 amide bonds. The maximum absolute atomic E-state index is 9.68. The number of likely N-dealkylation sites (N-methyl/N-ethyl adjacent to an activating group) is 1. The van der Waals surface area contributed by atoms with Gasteiger partial charge in [0.15, 0.2) is 0 Å². The molecule has 0 atom stereocenters. The number of aliphatic hydroxyl groups is 1. The molecule has 1 N–H and O–H groups in total. The van der Waals surface area contributed by atoms with Gasteiger partial charge in [-0.3, -0.25) is 0 Å². The Balaban J connectivity index is 3.56. The third kappa shape index (κ3) is 36.1. The minimum Gasteiger partial charge on any atom is -0.391 e. The van der Waals surface area contributed by atoms with Crippen LogP contribution >= 0.6 is 0 Å². The average Bonchev–Trinajstić information content (AvgIpc) is 3.04. The van der Waals surface area contributed by atoms with E-state index in [9.17, 15) is 5.11 Å². The van der Waals surface area contributed by atoms with Gasteiger partial charge in [-0.1, -0.05) is 167 Å². The Morgan fingerprint density at radius 1 is 0.333 bits per heavy atom. The van der Waals surface area contributed by atoms with Crippen molar-refractivity contribution in [2.75, 3.05) is 33.3 Å². The minimum atomic E-state index is 0.329. The van der Waals surface area contributed by atoms with Crippen LogP contribution in [0, 0.1) is 0 Å². The third-order valence-corrected chi connectivity index (χ3v) is 10.1. The summed E-state index contributed by atoms with van der Waals surface area (Å²) in [5.74, 6) is 0. The van der Waals surface area contributed by atoms with Crippen molar-refractivity contribution in [2.45, 2.75) is 219 Å². The molecule has 0 aromatic rings. The first kappa shape index (κ1) is 44.4. The van der Waals surface area contributed by atoms with Crippen LogP contribution in [0.5, 0.6) is 0 Å². The highest BCUT2D eigenvalue weighted by atomic mass is 16.3. The quantitative estimate of drug-likeness (QED) is 0.0408. The summed E-state index contributed by atoms with van der Waals surface area (Å²) < 4.78 is 1.07. The van der Waals surface area contributed by atoms with E-state index in [1.165, 1.54) is 219 Å². The lowest BCUT2D eigenvalue weighted by Crippen LogP contribution is -2.47. The lowest BCUT2D eigenvalue weighted by atomic mass is 10.1. The van der Waals surface area contributed by atoms with E-state index < -0.39 is 0 Å². The molecule has 2 heteroatoms. The second-order valence-electron chi connectivity index (χ2n) is 14.8. The molecule has 0 saturated heterocycles. The van der Waals surface area contributed by atoms with E-state index in [4.69, 9.17) is 0 Å². The molecule has 0 aromatic heterocycles. The number of nitrogens with zero attached hydrogens (tertiary/aromatic N) is 1. The molecule has 45 heavy (non-hydrogen) atoms. The van der Waals surface area contributed by atoms with Crippen molar-refractivity contribution in [3.05, 3.63) is 24.3 Å². The molecule has 0 fully saturated rings. The van der Waals surface area contributed by atoms with E-state index in [1.807, 2.05) is 0 Å². The number of unbranched alkanes of at least 4 members (excludes halogenated alkanes) is 28. The molecule has 0 aliphatic carbocycles. The Labute approximate surface area is 285 Å². The predicted molar refractivity (Wildman–Crippen MR) is 205 cm³/mol. The van der Waals surface area contributed by atoms with Crippen molar-refractivity contribution >= 4 is 0 Å². The van der Waals surface area contributed by atoms with Crippen LogP contribution in [0.2, 0.25) is 0 Å². The number of rotatable bonds is 38. The highest BCUT2D eigenvalue weighted by Gasteiger charge is 2.19. The number of aliphatic hydroxyl groups excluding tert-OH is 1. The molecule has 268 valence electrons. The number of hydrogen-bond acceptors (Lipinski definition) is 1. The minimum absolute atomic E-state index is 0.329. The van der Waals surface area contributed by atoms with Crippen molar-refractivity contribution in [3.63, 3.8) is 0 Å². The molecule has 0 unspecified atom stereocenters. The zero-order valence-electron chi connectivity index (χ0n) is 31.7. The molecule has 0 saturated carbocycles. The summed E-state index contributed by atoms with van der Waals surface area (Å²) in [5.41, 5.74) is 0. The fourth-order valence-electron chi connectivity index (χ4n) is 6.77. The molecule has 0 aliphatic rings. The maximum atomic E-state index is 9.68. The zero-order valence-corrected chi connectivity index (χ0v) is 31.7. The predicted octanol–water partition coefficient (Wildman–Crippen LogP) is 14.1. The summed E-state index contributed by atoms with van der Waals surface area (Å²) in [6.07, 6.45) is 54.0. The molecule has 0 bridgehead atoms. The Morgan fingerprint density at radius 3 is 0.844 bits per heavy atom. The Hall–Kier alpha value is -0.600. The first-order valence-corrected chi connectivity index (χ1v) is 20.9. The van der Waals surface area contributed by atoms with Gasteiger partial charge in [0.1, 0.15) is 6.54 Å². The Morgan fingerprint density at radius 2 is 0.578 bits per heavy atom. The van der Waals surface area contributed by atoms with Crippen LogP contribution < -0.4 is 0 Å². The van der Waals surface area contributed by atoms with Gasteiger partial charge < -0.3 is 9.59 Å². The molecular weight excluding hydrogens is 546 g/mol. The van der Waals surface area contributed by atoms with Crippen molar-refractivity contribution in [1.29, 1.82) is 0 Å². The molecule has 2 nitrogen and oxygen atoms in total.